The van der Waals surface area contributed by atoms with Gasteiger partial charge in [-0.2, -0.15) is 0 Å². The van der Waals surface area contributed by atoms with E-state index in [1.165, 1.54) is 21.7 Å². The maximum Gasteiger partial charge on any atom is 0.227 e. The zero-order valence-electron chi connectivity index (χ0n) is 26.4. The van der Waals surface area contributed by atoms with Crippen LogP contribution in [0.3, 0.4) is 0 Å². The number of hydrogen-bond acceptors (Lipinski definition) is 4. The molecule has 0 fully saturated rings. The monoisotopic (exact) mass is 628 g/mol. The summed E-state index contributed by atoms with van der Waals surface area (Å²) in [4.78, 5) is 7.20. The summed E-state index contributed by atoms with van der Waals surface area (Å²) in [6.45, 7) is 0. The van der Waals surface area contributed by atoms with Gasteiger partial charge < -0.3 is 13.7 Å². The molecule has 0 aliphatic carbocycles. The Bertz CT molecular complexity index is 2830. The molecule has 2 aromatic heterocycles. The number of fused-ring (bicyclic) bond motifs is 7. The fourth-order valence-electron chi connectivity index (χ4n) is 7.17. The standard InChI is InChI=1S/C45H28N2O2/c1-3-13-29(14-4-1)31-18-11-19-33(25-31)47(41-26-32-17-7-8-20-34(32)35-21-9-10-22-36(35)41)40-24-12-23-37-38-27-39-43(28-42(38)48-44(37)40)49-45(46-39)30-15-5-2-6-16-30/h1-28H. The average Bonchev–Trinajstić information content (AvgIpc) is 3.76. The Morgan fingerprint density at radius 3 is 1.92 bits per heavy atom. The van der Waals surface area contributed by atoms with Crippen molar-refractivity contribution in [2.45, 2.75) is 0 Å². The largest absolute Gasteiger partial charge is 0.454 e. The van der Waals surface area contributed by atoms with Crippen LogP contribution in [0.25, 0.3) is 77.2 Å². The minimum absolute atomic E-state index is 0.598. The number of nitrogens with zero attached hydrogens (tertiary/aromatic N) is 2. The van der Waals surface area contributed by atoms with Crippen molar-refractivity contribution in [3.63, 3.8) is 0 Å². The third-order valence-electron chi connectivity index (χ3n) is 9.45. The summed E-state index contributed by atoms with van der Waals surface area (Å²) < 4.78 is 13.1. The lowest BCUT2D eigenvalue weighted by Gasteiger charge is -2.28. The highest BCUT2D eigenvalue weighted by Crippen LogP contribution is 2.47. The van der Waals surface area contributed by atoms with E-state index in [9.17, 15) is 0 Å². The fraction of sp³-hybridized carbons (Fsp3) is 0. The molecule has 0 saturated heterocycles. The number of anilines is 3. The highest BCUT2D eigenvalue weighted by Gasteiger charge is 2.23. The average molecular weight is 629 g/mol. The zero-order valence-corrected chi connectivity index (χ0v) is 26.4. The minimum atomic E-state index is 0.598. The smallest absolute Gasteiger partial charge is 0.227 e. The molecule has 4 nitrogen and oxygen atoms in total. The van der Waals surface area contributed by atoms with Crippen LogP contribution < -0.4 is 4.90 Å². The van der Waals surface area contributed by atoms with Gasteiger partial charge in [-0.1, -0.05) is 121 Å². The molecule has 4 heteroatoms. The number of benzene rings is 8. The summed E-state index contributed by atoms with van der Waals surface area (Å²) >= 11 is 0. The van der Waals surface area contributed by atoms with Gasteiger partial charge in [0.05, 0.1) is 11.4 Å². The van der Waals surface area contributed by atoms with E-state index in [-0.39, 0.29) is 0 Å². The fourth-order valence-corrected chi connectivity index (χ4v) is 7.17. The summed E-state index contributed by atoms with van der Waals surface area (Å²) in [5, 5.41) is 6.79. The maximum absolute atomic E-state index is 6.82. The van der Waals surface area contributed by atoms with E-state index < -0.39 is 0 Å². The van der Waals surface area contributed by atoms with Gasteiger partial charge >= 0.3 is 0 Å². The molecular formula is C45H28N2O2. The second-order valence-corrected chi connectivity index (χ2v) is 12.4. The van der Waals surface area contributed by atoms with Crippen molar-refractivity contribution < 1.29 is 8.83 Å². The molecule has 0 amide bonds. The van der Waals surface area contributed by atoms with Crippen LogP contribution >= 0.6 is 0 Å². The van der Waals surface area contributed by atoms with Crippen molar-refractivity contribution in [1.29, 1.82) is 0 Å². The van der Waals surface area contributed by atoms with Crippen LogP contribution in [0, 0.1) is 0 Å². The molecule has 0 spiro atoms. The van der Waals surface area contributed by atoms with E-state index in [1.54, 1.807) is 0 Å². The Labute approximate surface area is 282 Å². The van der Waals surface area contributed by atoms with Crippen LogP contribution in [-0.2, 0) is 0 Å². The quantitative estimate of drug-likeness (QED) is 0.178. The van der Waals surface area contributed by atoms with Crippen molar-refractivity contribution in [2.75, 3.05) is 4.90 Å². The van der Waals surface area contributed by atoms with E-state index in [0.717, 1.165) is 61.0 Å². The third-order valence-corrected chi connectivity index (χ3v) is 9.45. The van der Waals surface area contributed by atoms with Gasteiger partial charge in [-0.05, 0) is 69.8 Å². The number of hydrogen-bond donors (Lipinski definition) is 0. The van der Waals surface area contributed by atoms with Gasteiger partial charge in [0.2, 0.25) is 5.89 Å². The van der Waals surface area contributed by atoms with Crippen LogP contribution in [0.4, 0.5) is 17.1 Å². The van der Waals surface area contributed by atoms with E-state index in [2.05, 4.69) is 138 Å². The van der Waals surface area contributed by atoms with Crippen molar-refractivity contribution in [3.8, 4) is 22.6 Å². The Morgan fingerprint density at radius 2 is 1.08 bits per heavy atom. The van der Waals surface area contributed by atoms with Crippen LogP contribution in [0.5, 0.6) is 0 Å². The normalized spacial score (nSPS) is 11.7. The van der Waals surface area contributed by atoms with Crippen LogP contribution in [-0.4, -0.2) is 4.98 Å². The molecule has 0 radical (unpaired) electrons. The lowest BCUT2D eigenvalue weighted by molar-refractivity contribution is 0.617. The first-order valence-electron chi connectivity index (χ1n) is 16.5. The van der Waals surface area contributed by atoms with Gasteiger partial charge in [-0.15, -0.1) is 0 Å². The molecule has 10 aromatic rings. The third kappa shape index (κ3) is 4.49. The molecule has 0 unspecified atom stereocenters. The van der Waals surface area contributed by atoms with E-state index in [0.29, 0.717) is 11.5 Å². The first kappa shape index (κ1) is 27.5. The second-order valence-electron chi connectivity index (χ2n) is 12.4. The van der Waals surface area contributed by atoms with E-state index >= 15 is 0 Å². The summed E-state index contributed by atoms with van der Waals surface area (Å²) in [5.74, 6) is 0.598. The van der Waals surface area contributed by atoms with Gasteiger partial charge in [0.25, 0.3) is 0 Å². The number of aromatic nitrogens is 1. The lowest BCUT2D eigenvalue weighted by atomic mass is 9.98. The van der Waals surface area contributed by atoms with Gasteiger partial charge in [0.15, 0.2) is 11.2 Å². The highest BCUT2D eigenvalue weighted by atomic mass is 16.4. The molecule has 49 heavy (non-hydrogen) atoms. The number of furan rings is 1. The Hall–Kier alpha value is -6.65. The van der Waals surface area contributed by atoms with Gasteiger partial charge in [-0.25, -0.2) is 4.98 Å². The minimum Gasteiger partial charge on any atom is -0.454 e. The predicted octanol–water partition coefficient (Wildman–Crippen LogP) is 12.8. The number of para-hydroxylation sites is 1. The summed E-state index contributed by atoms with van der Waals surface area (Å²) in [6, 6.07) is 59.3. The van der Waals surface area contributed by atoms with Crippen LogP contribution in [0.15, 0.2) is 179 Å². The second kappa shape index (κ2) is 11.0. The van der Waals surface area contributed by atoms with Crippen molar-refractivity contribution in [2.24, 2.45) is 0 Å². The number of rotatable bonds is 5. The molecule has 0 aliphatic heterocycles. The topological polar surface area (TPSA) is 42.4 Å². The van der Waals surface area contributed by atoms with Crippen molar-refractivity contribution in [1.82, 2.24) is 4.98 Å². The van der Waals surface area contributed by atoms with Gasteiger partial charge in [-0.3, -0.25) is 0 Å². The summed E-state index contributed by atoms with van der Waals surface area (Å²) in [7, 11) is 0. The molecule has 8 aromatic carbocycles. The van der Waals surface area contributed by atoms with E-state index in [4.69, 9.17) is 13.8 Å². The van der Waals surface area contributed by atoms with Gasteiger partial charge in [0.1, 0.15) is 11.1 Å². The first-order chi connectivity index (χ1) is 24.3. The molecule has 0 aliphatic rings. The Kier molecular flexibility index (Phi) is 6.15. The molecule has 230 valence electrons. The van der Waals surface area contributed by atoms with Crippen molar-refractivity contribution in [3.05, 3.63) is 170 Å². The highest BCUT2D eigenvalue weighted by molar-refractivity contribution is 6.17. The summed E-state index contributed by atoms with van der Waals surface area (Å²) in [6.07, 6.45) is 0. The zero-order chi connectivity index (χ0) is 32.3. The predicted molar refractivity (Wildman–Crippen MR) is 202 cm³/mol. The molecule has 0 N–H and O–H groups in total. The Morgan fingerprint density at radius 1 is 0.408 bits per heavy atom. The first-order valence-corrected chi connectivity index (χ1v) is 16.5. The van der Waals surface area contributed by atoms with Crippen LogP contribution in [0.2, 0.25) is 0 Å². The lowest BCUT2D eigenvalue weighted by Crippen LogP contribution is -2.11. The molecule has 10 rings (SSSR count). The molecule has 0 saturated carbocycles. The van der Waals surface area contributed by atoms with Crippen LogP contribution in [0.1, 0.15) is 0 Å². The Balaban J connectivity index is 1.24. The molecule has 2 heterocycles. The van der Waals surface area contributed by atoms with Crippen molar-refractivity contribution >= 4 is 71.6 Å². The molecule has 0 atom stereocenters. The SMILES string of the molecule is c1ccc(-c2cccc(N(c3cc4ccccc4c4ccccc34)c3cccc4c3oc3cc5oc(-c6ccccc6)nc5cc34)c2)cc1. The maximum atomic E-state index is 6.82. The number of oxazole rings is 1. The van der Waals surface area contributed by atoms with E-state index in [1.807, 2.05) is 36.4 Å². The molecule has 0 bridgehead atoms. The summed E-state index contributed by atoms with van der Waals surface area (Å²) in [5.41, 5.74) is 9.38. The molecular weight excluding hydrogens is 601 g/mol. The van der Waals surface area contributed by atoms with Gasteiger partial charge in [0, 0.05) is 33.5 Å².